The topological polar surface area (TPSA) is 64.0 Å². The lowest BCUT2D eigenvalue weighted by atomic mass is 10.0. The zero-order chi connectivity index (χ0) is 18.5. The number of nitrogens with one attached hydrogen (secondary N) is 1. The van der Waals surface area contributed by atoms with Crippen LogP contribution in [0, 0.1) is 13.8 Å². The van der Waals surface area contributed by atoms with E-state index in [4.69, 9.17) is 0 Å². The third-order valence-electron chi connectivity index (χ3n) is 4.49. The van der Waals surface area contributed by atoms with Crippen LogP contribution in [0.3, 0.4) is 0 Å². The number of amides is 1. The van der Waals surface area contributed by atoms with Crippen molar-refractivity contribution in [3.05, 3.63) is 75.8 Å². The van der Waals surface area contributed by atoms with Gasteiger partial charge in [-0.15, -0.1) is 0 Å². The lowest BCUT2D eigenvalue weighted by Crippen LogP contribution is -2.33. The summed E-state index contributed by atoms with van der Waals surface area (Å²) in [6.07, 6.45) is 3.21. The van der Waals surface area contributed by atoms with E-state index in [9.17, 15) is 9.59 Å². The van der Waals surface area contributed by atoms with E-state index < -0.39 is 0 Å². The van der Waals surface area contributed by atoms with Crippen molar-refractivity contribution >= 4 is 16.8 Å². The number of fused-ring (bicyclic) bond motifs is 1. The smallest absolute Gasteiger partial charge is 0.261 e. The second-order valence-corrected chi connectivity index (χ2v) is 6.58. The third kappa shape index (κ3) is 4.17. The van der Waals surface area contributed by atoms with Gasteiger partial charge in [-0.2, -0.15) is 0 Å². The summed E-state index contributed by atoms with van der Waals surface area (Å²) < 4.78 is 1.35. The van der Waals surface area contributed by atoms with E-state index in [1.807, 2.05) is 6.07 Å². The first-order valence-electron chi connectivity index (χ1n) is 8.81. The summed E-state index contributed by atoms with van der Waals surface area (Å²) in [4.78, 5) is 28.7. The van der Waals surface area contributed by atoms with E-state index in [1.54, 1.807) is 18.2 Å². The number of aromatic nitrogens is 2. The second kappa shape index (κ2) is 7.95. The van der Waals surface area contributed by atoms with Crippen molar-refractivity contribution in [2.24, 2.45) is 0 Å². The standard InChI is InChI=1S/C21H23N3O2/c1-15-9-10-17(16(2)12-15)6-5-11-22-20(25)13-24-14-23-19-8-4-3-7-18(19)21(24)26/h3-4,7-10,12,14H,5-6,11,13H2,1-2H3,(H,22,25). The Hall–Kier alpha value is -2.95. The molecule has 0 aliphatic carbocycles. The van der Waals surface area contributed by atoms with Gasteiger partial charge in [0.05, 0.1) is 17.2 Å². The Balaban J connectivity index is 1.53. The first kappa shape index (κ1) is 17.9. The van der Waals surface area contributed by atoms with Crippen LogP contribution in [0.2, 0.25) is 0 Å². The Morgan fingerprint density at radius 3 is 2.77 bits per heavy atom. The molecule has 0 atom stereocenters. The molecule has 1 N–H and O–H groups in total. The Bertz CT molecular complexity index is 992. The van der Waals surface area contributed by atoms with E-state index >= 15 is 0 Å². The second-order valence-electron chi connectivity index (χ2n) is 6.58. The number of aryl methyl sites for hydroxylation is 3. The summed E-state index contributed by atoms with van der Waals surface area (Å²) in [6.45, 7) is 4.77. The van der Waals surface area contributed by atoms with E-state index in [2.05, 4.69) is 42.3 Å². The summed E-state index contributed by atoms with van der Waals surface area (Å²) in [6, 6.07) is 13.6. The maximum absolute atomic E-state index is 12.4. The van der Waals surface area contributed by atoms with Gasteiger partial charge in [-0.05, 0) is 49.9 Å². The van der Waals surface area contributed by atoms with Gasteiger partial charge in [-0.3, -0.25) is 14.2 Å². The molecule has 2 aromatic carbocycles. The number of benzene rings is 2. The predicted molar refractivity (Wildman–Crippen MR) is 103 cm³/mol. The normalized spacial score (nSPS) is 10.8. The SMILES string of the molecule is Cc1ccc(CCCNC(=O)Cn2cnc3ccccc3c2=O)c(C)c1. The van der Waals surface area contributed by atoms with Gasteiger partial charge in [0, 0.05) is 6.54 Å². The number of nitrogens with zero attached hydrogens (tertiary/aromatic N) is 2. The minimum atomic E-state index is -0.193. The molecule has 0 saturated heterocycles. The number of para-hydroxylation sites is 1. The van der Waals surface area contributed by atoms with Crippen LogP contribution in [-0.4, -0.2) is 22.0 Å². The Morgan fingerprint density at radius 1 is 1.15 bits per heavy atom. The molecule has 26 heavy (non-hydrogen) atoms. The summed E-state index contributed by atoms with van der Waals surface area (Å²) >= 11 is 0. The molecule has 1 amide bonds. The fourth-order valence-corrected chi connectivity index (χ4v) is 3.06. The number of carbonyl (C=O) groups is 1. The molecule has 0 unspecified atom stereocenters. The van der Waals surface area contributed by atoms with Gasteiger partial charge in [0.25, 0.3) is 5.56 Å². The maximum Gasteiger partial charge on any atom is 0.261 e. The highest BCUT2D eigenvalue weighted by atomic mass is 16.2. The van der Waals surface area contributed by atoms with Crippen LogP contribution in [0.15, 0.2) is 53.6 Å². The fourth-order valence-electron chi connectivity index (χ4n) is 3.06. The first-order valence-corrected chi connectivity index (χ1v) is 8.81. The molecule has 0 radical (unpaired) electrons. The highest BCUT2D eigenvalue weighted by molar-refractivity contribution is 5.78. The number of rotatable bonds is 6. The van der Waals surface area contributed by atoms with Crippen LogP contribution in [0.5, 0.6) is 0 Å². The zero-order valence-electron chi connectivity index (χ0n) is 15.2. The lowest BCUT2D eigenvalue weighted by Gasteiger charge is -2.09. The lowest BCUT2D eigenvalue weighted by molar-refractivity contribution is -0.121. The molecule has 0 aliphatic rings. The first-order chi connectivity index (χ1) is 12.5. The van der Waals surface area contributed by atoms with Crippen molar-refractivity contribution in [3.63, 3.8) is 0 Å². The minimum Gasteiger partial charge on any atom is -0.355 e. The molecule has 5 heteroatoms. The average molecular weight is 349 g/mol. The van der Waals surface area contributed by atoms with E-state index in [-0.39, 0.29) is 18.0 Å². The third-order valence-corrected chi connectivity index (χ3v) is 4.49. The number of carbonyl (C=O) groups excluding carboxylic acids is 1. The van der Waals surface area contributed by atoms with Crippen molar-refractivity contribution in [1.82, 2.24) is 14.9 Å². The Labute approximate surface area is 152 Å². The van der Waals surface area contributed by atoms with E-state index in [0.29, 0.717) is 17.4 Å². The van der Waals surface area contributed by atoms with Gasteiger partial charge < -0.3 is 5.32 Å². The Kier molecular flexibility index (Phi) is 5.46. The molecule has 0 bridgehead atoms. The van der Waals surface area contributed by atoms with Gasteiger partial charge in [-0.1, -0.05) is 35.9 Å². The van der Waals surface area contributed by atoms with Gasteiger partial charge >= 0.3 is 0 Å². The number of hydrogen-bond donors (Lipinski definition) is 1. The Morgan fingerprint density at radius 2 is 1.96 bits per heavy atom. The molecular weight excluding hydrogens is 326 g/mol. The molecule has 0 spiro atoms. The summed E-state index contributed by atoms with van der Waals surface area (Å²) in [7, 11) is 0. The largest absolute Gasteiger partial charge is 0.355 e. The van der Waals surface area contributed by atoms with Gasteiger partial charge in [-0.25, -0.2) is 4.98 Å². The molecule has 0 fully saturated rings. The van der Waals surface area contributed by atoms with Gasteiger partial charge in [0.1, 0.15) is 6.54 Å². The molecule has 5 nitrogen and oxygen atoms in total. The maximum atomic E-state index is 12.4. The van der Waals surface area contributed by atoms with Crippen LogP contribution in [0.4, 0.5) is 0 Å². The molecule has 0 saturated carbocycles. The van der Waals surface area contributed by atoms with Crippen LogP contribution < -0.4 is 10.9 Å². The summed E-state index contributed by atoms with van der Waals surface area (Å²) in [5.41, 5.74) is 4.29. The molecule has 1 aromatic heterocycles. The monoisotopic (exact) mass is 349 g/mol. The number of hydrogen-bond acceptors (Lipinski definition) is 3. The zero-order valence-corrected chi connectivity index (χ0v) is 15.2. The highest BCUT2D eigenvalue weighted by Crippen LogP contribution is 2.12. The van der Waals surface area contributed by atoms with Crippen molar-refractivity contribution < 1.29 is 4.79 Å². The highest BCUT2D eigenvalue weighted by Gasteiger charge is 2.07. The van der Waals surface area contributed by atoms with E-state index in [0.717, 1.165) is 12.8 Å². The molecule has 3 aromatic rings. The van der Waals surface area contributed by atoms with Crippen LogP contribution in [-0.2, 0) is 17.8 Å². The molecule has 3 rings (SSSR count). The molecule has 134 valence electrons. The summed E-state index contributed by atoms with van der Waals surface area (Å²) in [5.74, 6) is -0.176. The average Bonchev–Trinajstić information content (AvgIpc) is 2.63. The quantitative estimate of drug-likeness (QED) is 0.696. The van der Waals surface area contributed by atoms with Crippen molar-refractivity contribution in [2.75, 3.05) is 6.54 Å². The van der Waals surface area contributed by atoms with Crippen LogP contribution in [0.1, 0.15) is 23.1 Å². The fraction of sp³-hybridized carbons (Fsp3) is 0.286. The van der Waals surface area contributed by atoms with Gasteiger partial charge in [0.2, 0.25) is 5.91 Å². The van der Waals surface area contributed by atoms with Gasteiger partial charge in [0.15, 0.2) is 0 Å². The molecule has 0 aliphatic heterocycles. The van der Waals surface area contributed by atoms with Crippen molar-refractivity contribution in [2.45, 2.75) is 33.2 Å². The molecule has 1 heterocycles. The molecular formula is C21H23N3O2. The van der Waals surface area contributed by atoms with Crippen LogP contribution >= 0.6 is 0 Å². The summed E-state index contributed by atoms with van der Waals surface area (Å²) in [5, 5.41) is 3.41. The predicted octanol–water partition coefficient (Wildman–Crippen LogP) is 2.76. The van der Waals surface area contributed by atoms with Crippen molar-refractivity contribution in [1.29, 1.82) is 0 Å². The van der Waals surface area contributed by atoms with Crippen molar-refractivity contribution in [3.8, 4) is 0 Å². The van der Waals surface area contributed by atoms with E-state index in [1.165, 1.54) is 27.6 Å². The van der Waals surface area contributed by atoms with Crippen LogP contribution in [0.25, 0.3) is 10.9 Å². The minimum absolute atomic E-state index is 0.0137.